The van der Waals surface area contributed by atoms with Crippen molar-refractivity contribution in [1.82, 2.24) is 15.1 Å². The van der Waals surface area contributed by atoms with Gasteiger partial charge in [0, 0.05) is 39.1 Å². The summed E-state index contributed by atoms with van der Waals surface area (Å²) in [5.74, 6) is 1.02. The Bertz CT molecular complexity index is 462. The SMILES string of the molecule is O=C(CCN1CCC(c2ccccc2)CC1)N1CCNCC1. The number of hydrogen-bond donors (Lipinski definition) is 1. The van der Waals surface area contributed by atoms with Crippen molar-refractivity contribution in [3.63, 3.8) is 0 Å². The van der Waals surface area contributed by atoms with Crippen LogP contribution >= 0.6 is 0 Å². The van der Waals surface area contributed by atoms with Gasteiger partial charge in [-0.25, -0.2) is 0 Å². The van der Waals surface area contributed by atoms with Crippen LogP contribution in [0.4, 0.5) is 0 Å². The van der Waals surface area contributed by atoms with E-state index in [1.54, 1.807) is 0 Å². The first-order valence-corrected chi connectivity index (χ1v) is 8.59. The molecule has 0 radical (unpaired) electrons. The predicted octanol–water partition coefficient (Wildman–Crippen LogP) is 1.69. The van der Waals surface area contributed by atoms with Gasteiger partial charge in [0.25, 0.3) is 0 Å². The lowest BCUT2D eigenvalue weighted by atomic mass is 9.89. The second-order valence-corrected chi connectivity index (χ2v) is 6.41. The Morgan fingerprint density at radius 2 is 1.73 bits per heavy atom. The Morgan fingerprint density at radius 1 is 1.05 bits per heavy atom. The Kier molecular flexibility index (Phi) is 5.46. The molecule has 0 unspecified atom stereocenters. The topological polar surface area (TPSA) is 35.6 Å². The highest BCUT2D eigenvalue weighted by Gasteiger charge is 2.22. The quantitative estimate of drug-likeness (QED) is 0.919. The average Bonchev–Trinajstić information content (AvgIpc) is 2.61. The van der Waals surface area contributed by atoms with Gasteiger partial charge in [0.2, 0.25) is 5.91 Å². The van der Waals surface area contributed by atoms with Gasteiger partial charge < -0.3 is 15.1 Å². The molecular weight excluding hydrogens is 274 g/mol. The second-order valence-electron chi connectivity index (χ2n) is 6.41. The van der Waals surface area contributed by atoms with Crippen molar-refractivity contribution >= 4 is 5.91 Å². The van der Waals surface area contributed by atoms with Gasteiger partial charge >= 0.3 is 0 Å². The largest absolute Gasteiger partial charge is 0.340 e. The van der Waals surface area contributed by atoms with Crippen molar-refractivity contribution in [2.45, 2.75) is 25.2 Å². The molecule has 120 valence electrons. The zero-order valence-corrected chi connectivity index (χ0v) is 13.3. The van der Waals surface area contributed by atoms with E-state index in [0.29, 0.717) is 18.2 Å². The third kappa shape index (κ3) is 4.08. The first-order valence-electron chi connectivity index (χ1n) is 8.59. The van der Waals surface area contributed by atoms with E-state index in [1.165, 1.54) is 18.4 Å². The first kappa shape index (κ1) is 15.5. The van der Waals surface area contributed by atoms with Gasteiger partial charge in [0.15, 0.2) is 0 Å². The van der Waals surface area contributed by atoms with Crippen molar-refractivity contribution in [3.8, 4) is 0 Å². The fourth-order valence-electron chi connectivity index (χ4n) is 3.54. The van der Waals surface area contributed by atoms with Gasteiger partial charge in [-0.1, -0.05) is 30.3 Å². The number of nitrogens with one attached hydrogen (secondary N) is 1. The molecule has 0 bridgehead atoms. The molecule has 2 heterocycles. The van der Waals surface area contributed by atoms with Crippen LogP contribution in [0.5, 0.6) is 0 Å². The van der Waals surface area contributed by atoms with Crippen LogP contribution in [0.15, 0.2) is 30.3 Å². The highest BCUT2D eigenvalue weighted by molar-refractivity contribution is 5.76. The van der Waals surface area contributed by atoms with Crippen molar-refractivity contribution in [2.75, 3.05) is 45.8 Å². The zero-order valence-electron chi connectivity index (χ0n) is 13.3. The number of nitrogens with zero attached hydrogens (tertiary/aromatic N) is 2. The van der Waals surface area contributed by atoms with Crippen molar-refractivity contribution in [2.24, 2.45) is 0 Å². The van der Waals surface area contributed by atoms with Crippen LogP contribution in [0.25, 0.3) is 0 Å². The number of amides is 1. The van der Waals surface area contributed by atoms with E-state index in [-0.39, 0.29) is 0 Å². The van der Waals surface area contributed by atoms with Crippen LogP contribution in [-0.4, -0.2) is 61.5 Å². The lowest BCUT2D eigenvalue weighted by Gasteiger charge is -2.33. The Morgan fingerprint density at radius 3 is 2.41 bits per heavy atom. The Labute approximate surface area is 133 Å². The van der Waals surface area contributed by atoms with E-state index in [4.69, 9.17) is 0 Å². The molecule has 4 nitrogen and oxygen atoms in total. The van der Waals surface area contributed by atoms with E-state index in [9.17, 15) is 4.79 Å². The summed E-state index contributed by atoms with van der Waals surface area (Å²) in [6.07, 6.45) is 3.10. The molecule has 2 aliphatic rings. The van der Waals surface area contributed by atoms with Gasteiger partial charge in [-0.05, 0) is 37.4 Å². The summed E-state index contributed by atoms with van der Waals surface area (Å²) in [4.78, 5) is 16.7. The number of rotatable bonds is 4. The summed E-state index contributed by atoms with van der Waals surface area (Å²) in [6.45, 7) is 6.78. The van der Waals surface area contributed by atoms with Crippen LogP contribution in [0, 0.1) is 0 Å². The second kappa shape index (κ2) is 7.75. The molecule has 3 rings (SSSR count). The van der Waals surface area contributed by atoms with Gasteiger partial charge in [-0.3, -0.25) is 4.79 Å². The van der Waals surface area contributed by atoms with E-state index >= 15 is 0 Å². The van der Waals surface area contributed by atoms with Crippen LogP contribution in [0.1, 0.15) is 30.7 Å². The van der Waals surface area contributed by atoms with Gasteiger partial charge in [-0.2, -0.15) is 0 Å². The standard InChI is InChI=1S/C18H27N3O/c22-18(21-14-9-19-10-15-21)8-13-20-11-6-17(7-12-20)16-4-2-1-3-5-16/h1-5,17,19H,6-15H2. The molecule has 1 aromatic carbocycles. The van der Waals surface area contributed by atoms with Crippen molar-refractivity contribution in [1.29, 1.82) is 0 Å². The van der Waals surface area contributed by atoms with E-state index in [2.05, 4.69) is 40.5 Å². The molecule has 2 aliphatic heterocycles. The predicted molar refractivity (Wildman–Crippen MR) is 88.9 cm³/mol. The molecule has 1 N–H and O–H groups in total. The van der Waals surface area contributed by atoms with Crippen LogP contribution in [0.2, 0.25) is 0 Å². The molecule has 0 spiro atoms. The number of piperazine rings is 1. The Balaban J connectivity index is 1.39. The number of likely N-dealkylation sites (tertiary alicyclic amines) is 1. The minimum atomic E-state index is 0.326. The molecule has 1 amide bonds. The zero-order chi connectivity index (χ0) is 15.2. The molecule has 4 heteroatoms. The van der Waals surface area contributed by atoms with Crippen LogP contribution in [-0.2, 0) is 4.79 Å². The minimum Gasteiger partial charge on any atom is -0.340 e. The van der Waals surface area contributed by atoms with E-state index in [0.717, 1.165) is 45.8 Å². The summed E-state index contributed by atoms with van der Waals surface area (Å²) in [5, 5.41) is 3.29. The monoisotopic (exact) mass is 301 g/mol. The average molecular weight is 301 g/mol. The maximum absolute atomic E-state index is 12.2. The summed E-state index contributed by atoms with van der Waals surface area (Å²) < 4.78 is 0. The molecule has 2 fully saturated rings. The number of hydrogen-bond acceptors (Lipinski definition) is 3. The molecular formula is C18H27N3O. The normalized spacial score (nSPS) is 21.0. The van der Waals surface area contributed by atoms with Crippen LogP contribution in [0.3, 0.4) is 0 Å². The lowest BCUT2D eigenvalue weighted by molar-refractivity contribution is -0.132. The Hall–Kier alpha value is -1.39. The number of benzene rings is 1. The van der Waals surface area contributed by atoms with Crippen molar-refractivity contribution < 1.29 is 4.79 Å². The highest BCUT2D eigenvalue weighted by atomic mass is 16.2. The summed E-state index contributed by atoms with van der Waals surface area (Å²) in [7, 11) is 0. The summed E-state index contributed by atoms with van der Waals surface area (Å²) >= 11 is 0. The lowest BCUT2D eigenvalue weighted by Crippen LogP contribution is -2.47. The van der Waals surface area contributed by atoms with Gasteiger partial charge in [0.05, 0.1) is 0 Å². The minimum absolute atomic E-state index is 0.326. The molecule has 22 heavy (non-hydrogen) atoms. The maximum atomic E-state index is 12.2. The fourth-order valence-corrected chi connectivity index (χ4v) is 3.54. The van der Waals surface area contributed by atoms with E-state index < -0.39 is 0 Å². The van der Waals surface area contributed by atoms with E-state index in [1.807, 2.05) is 4.90 Å². The van der Waals surface area contributed by atoms with Crippen LogP contribution < -0.4 is 5.32 Å². The molecule has 0 atom stereocenters. The number of carbonyl (C=O) groups is 1. The number of carbonyl (C=O) groups excluding carboxylic acids is 1. The maximum Gasteiger partial charge on any atom is 0.223 e. The third-order valence-corrected chi connectivity index (χ3v) is 4.97. The smallest absolute Gasteiger partial charge is 0.223 e. The van der Waals surface area contributed by atoms with Crippen molar-refractivity contribution in [3.05, 3.63) is 35.9 Å². The molecule has 1 aromatic rings. The molecule has 0 saturated carbocycles. The third-order valence-electron chi connectivity index (χ3n) is 4.97. The fraction of sp³-hybridized carbons (Fsp3) is 0.611. The molecule has 0 aromatic heterocycles. The molecule has 2 saturated heterocycles. The van der Waals surface area contributed by atoms with Gasteiger partial charge in [-0.15, -0.1) is 0 Å². The number of piperidine rings is 1. The summed E-state index contributed by atoms with van der Waals surface area (Å²) in [5.41, 5.74) is 1.47. The highest BCUT2D eigenvalue weighted by Crippen LogP contribution is 2.27. The van der Waals surface area contributed by atoms with Gasteiger partial charge in [0.1, 0.15) is 0 Å². The first-order chi connectivity index (χ1) is 10.8. The summed E-state index contributed by atoms with van der Waals surface area (Å²) in [6, 6.07) is 10.8. The molecule has 0 aliphatic carbocycles.